The third-order valence-electron chi connectivity index (χ3n) is 2.75. The summed E-state index contributed by atoms with van der Waals surface area (Å²) in [5.41, 5.74) is 7.21. The highest BCUT2D eigenvalue weighted by molar-refractivity contribution is 5.02. The molecule has 1 heterocycles. The van der Waals surface area contributed by atoms with Gasteiger partial charge in [-0.1, -0.05) is 25.0 Å². The Morgan fingerprint density at radius 2 is 2.43 bits per heavy atom. The Morgan fingerprint density at radius 1 is 1.64 bits per heavy atom. The lowest BCUT2D eigenvalue weighted by molar-refractivity contribution is 0.499. The van der Waals surface area contributed by atoms with Gasteiger partial charge in [-0.25, -0.2) is 4.68 Å². The van der Waals surface area contributed by atoms with Crippen LogP contribution in [0.25, 0.3) is 0 Å². The van der Waals surface area contributed by atoms with Crippen LogP contribution in [0.4, 0.5) is 0 Å². The van der Waals surface area contributed by atoms with Crippen molar-refractivity contribution in [3.63, 3.8) is 0 Å². The molecule has 1 aromatic rings. The molecule has 2 N–H and O–H groups in total. The third kappa shape index (κ3) is 2.12. The van der Waals surface area contributed by atoms with E-state index in [-0.39, 0.29) is 6.04 Å². The summed E-state index contributed by atoms with van der Waals surface area (Å²) in [6.45, 7) is 3.06. The van der Waals surface area contributed by atoms with Crippen LogP contribution in [-0.4, -0.2) is 15.0 Å². The molecule has 14 heavy (non-hydrogen) atoms. The van der Waals surface area contributed by atoms with Crippen LogP contribution >= 0.6 is 0 Å². The summed E-state index contributed by atoms with van der Waals surface area (Å²) in [5.74, 6) is 0.856. The fourth-order valence-corrected chi connectivity index (χ4v) is 1.77. The zero-order valence-corrected chi connectivity index (χ0v) is 8.69. The Hall–Kier alpha value is -0.900. The summed E-state index contributed by atoms with van der Waals surface area (Å²) in [6.07, 6.45) is 6.68. The maximum Gasteiger partial charge on any atom is 0.0754 e. The van der Waals surface area contributed by atoms with Crippen LogP contribution < -0.4 is 5.73 Å². The molecule has 0 spiro atoms. The normalized spacial score (nSPS) is 18.4. The second-order valence-electron chi connectivity index (χ2n) is 4.17. The predicted octanol–water partition coefficient (Wildman–Crippen LogP) is 1.49. The average Bonchev–Trinajstić information content (AvgIpc) is 2.83. The van der Waals surface area contributed by atoms with Crippen molar-refractivity contribution in [3.8, 4) is 0 Å². The van der Waals surface area contributed by atoms with Gasteiger partial charge in [0, 0.05) is 12.6 Å². The monoisotopic (exact) mass is 194 g/mol. The first-order chi connectivity index (χ1) is 6.81. The maximum atomic E-state index is 6.11. The second kappa shape index (κ2) is 4.09. The standard InChI is InChI=1S/C10H18N4/c1-2-5-14-10(7-12-13-14)9(11)6-8-3-4-8/h7-9H,2-6,11H2,1H3. The molecule has 0 bridgehead atoms. The molecule has 1 fully saturated rings. The van der Waals surface area contributed by atoms with E-state index in [1.165, 1.54) is 12.8 Å². The van der Waals surface area contributed by atoms with Gasteiger partial charge < -0.3 is 5.73 Å². The van der Waals surface area contributed by atoms with Crippen LogP contribution in [0, 0.1) is 5.92 Å². The lowest BCUT2D eigenvalue weighted by atomic mass is 10.1. The van der Waals surface area contributed by atoms with Gasteiger partial charge in [-0.15, -0.1) is 5.10 Å². The second-order valence-corrected chi connectivity index (χ2v) is 4.17. The molecule has 1 aliphatic carbocycles. The first-order valence-electron chi connectivity index (χ1n) is 5.45. The van der Waals surface area contributed by atoms with Gasteiger partial charge in [0.15, 0.2) is 0 Å². The molecule has 0 saturated heterocycles. The topological polar surface area (TPSA) is 56.7 Å². The van der Waals surface area contributed by atoms with Gasteiger partial charge in [0.25, 0.3) is 0 Å². The molecule has 78 valence electrons. The molecule has 1 unspecified atom stereocenters. The number of nitrogens with two attached hydrogens (primary N) is 1. The summed E-state index contributed by atoms with van der Waals surface area (Å²) >= 11 is 0. The predicted molar refractivity (Wildman–Crippen MR) is 54.6 cm³/mol. The van der Waals surface area contributed by atoms with E-state index in [1.54, 1.807) is 0 Å². The van der Waals surface area contributed by atoms with Crippen molar-refractivity contribution >= 4 is 0 Å². The largest absolute Gasteiger partial charge is 0.323 e. The number of nitrogens with zero attached hydrogens (tertiary/aromatic N) is 3. The van der Waals surface area contributed by atoms with Gasteiger partial charge in [-0.3, -0.25) is 0 Å². The van der Waals surface area contributed by atoms with Crippen molar-refractivity contribution in [2.45, 2.75) is 45.2 Å². The molecule has 0 radical (unpaired) electrons. The molecule has 4 nitrogen and oxygen atoms in total. The maximum absolute atomic E-state index is 6.11. The highest BCUT2D eigenvalue weighted by Gasteiger charge is 2.25. The smallest absolute Gasteiger partial charge is 0.0754 e. The van der Waals surface area contributed by atoms with Crippen LogP contribution in [0.1, 0.15) is 44.3 Å². The molecule has 2 rings (SSSR count). The summed E-state index contributed by atoms with van der Waals surface area (Å²) in [5, 5.41) is 7.96. The zero-order chi connectivity index (χ0) is 9.97. The Labute approximate surface area is 84.5 Å². The Balaban J connectivity index is 2.00. The summed E-state index contributed by atoms with van der Waals surface area (Å²) in [4.78, 5) is 0. The molecular weight excluding hydrogens is 176 g/mol. The summed E-state index contributed by atoms with van der Waals surface area (Å²) in [7, 11) is 0. The zero-order valence-electron chi connectivity index (χ0n) is 8.69. The molecule has 0 aliphatic heterocycles. The average molecular weight is 194 g/mol. The molecule has 0 amide bonds. The minimum atomic E-state index is 0.129. The van der Waals surface area contributed by atoms with Crippen molar-refractivity contribution in [1.82, 2.24) is 15.0 Å². The molecule has 4 heteroatoms. The van der Waals surface area contributed by atoms with Gasteiger partial charge in [-0.2, -0.15) is 0 Å². The number of rotatable bonds is 5. The highest BCUT2D eigenvalue weighted by atomic mass is 15.4. The van der Waals surface area contributed by atoms with Gasteiger partial charge in [0.1, 0.15) is 0 Å². The molecule has 1 saturated carbocycles. The van der Waals surface area contributed by atoms with E-state index in [4.69, 9.17) is 5.73 Å². The van der Waals surface area contributed by atoms with Crippen molar-refractivity contribution in [3.05, 3.63) is 11.9 Å². The Bertz CT molecular complexity index is 290. The van der Waals surface area contributed by atoms with Crippen LogP contribution in [0.5, 0.6) is 0 Å². The number of hydrogen-bond acceptors (Lipinski definition) is 3. The first kappa shape index (κ1) is 9.65. The van der Waals surface area contributed by atoms with Crippen molar-refractivity contribution in [2.24, 2.45) is 11.7 Å². The molecule has 1 aromatic heterocycles. The first-order valence-corrected chi connectivity index (χ1v) is 5.45. The lowest BCUT2D eigenvalue weighted by Crippen LogP contribution is -2.17. The van der Waals surface area contributed by atoms with Crippen molar-refractivity contribution in [1.29, 1.82) is 0 Å². The fraction of sp³-hybridized carbons (Fsp3) is 0.800. The SMILES string of the molecule is CCCn1nncc1C(N)CC1CC1. The van der Waals surface area contributed by atoms with Gasteiger partial charge >= 0.3 is 0 Å². The minimum Gasteiger partial charge on any atom is -0.323 e. The third-order valence-corrected chi connectivity index (χ3v) is 2.75. The number of hydrogen-bond donors (Lipinski definition) is 1. The molecule has 1 atom stereocenters. The Morgan fingerprint density at radius 3 is 3.07 bits per heavy atom. The fourth-order valence-electron chi connectivity index (χ4n) is 1.77. The molecule has 0 aromatic carbocycles. The van der Waals surface area contributed by atoms with E-state index in [2.05, 4.69) is 17.2 Å². The van der Waals surface area contributed by atoms with Gasteiger partial charge in [0.2, 0.25) is 0 Å². The van der Waals surface area contributed by atoms with Crippen LogP contribution in [-0.2, 0) is 6.54 Å². The van der Waals surface area contributed by atoms with Crippen molar-refractivity contribution < 1.29 is 0 Å². The Kier molecular flexibility index (Phi) is 2.82. The minimum absolute atomic E-state index is 0.129. The van der Waals surface area contributed by atoms with Crippen LogP contribution in [0.2, 0.25) is 0 Å². The van der Waals surface area contributed by atoms with Crippen molar-refractivity contribution in [2.75, 3.05) is 0 Å². The van der Waals surface area contributed by atoms with E-state index < -0.39 is 0 Å². The molecule has 1 aliphatic rings. The lowest BCUT2D eigenvalue weighted by Gasteiger charge is -2.11. The van der Waals surface area contributed by atoms with E-state index in [0.717, 1.165) is 31.0 Å². The van der Waals surface area contributed by atoms with Gasteiger partial charge in [0.05, 0.1) is 11.9 Å². The van der Waals surface area contributed by atoms with E-state index >= 15 is 0 Å². The summed E-state index contributed by atoms with van der Waals surface area (Å²) in [6, 6.07) is 0.129. The quantitative estimate of drug-likeness (QED) is 0.772. The van der Waals surface area contributed by atoms with E-state index in [0.29, 0.717) is 0 Å². The highest BCUT2D eigenvalue weighted by Crippen LogP contribution is 2.36. The van der Waals surface area contributed by atoms with Gasteiger partial charge in [-0.05, 0) is 18.8 Å². The van der Waals surface area contributed by atoms with E-state index in [1.807, 2.05) is 10.9 Å². The van der Waals surface area contributed by atoms with E-state index in [9.17, 15) is 0 Å². The van der Waals surface area contributed by atoms with Crippen LogP contribution in [0.15, 0.2) is 6.20 Å². The molecular formula is C10H18N4. The number of aryl methyl sites for hydroxylation is 1. The number of aromatic nitrogens is 3. The summed E-state index contributed by atoms with van der Waals surface area (Å²) < 4.78 is 1.94. The van der Waals surface area contributed by atoms with Crippen LogP contribution in [0.3, 0.4) is 0 Å².